The fourth-order valence-corrected chi connectivity index (χ4v) is 2.84. The highest BCUT2D eigenvalue weighted by Crippen LogP contribution is 2.23. The van der Waals surface area contributed by atoms with Crippen LogP contribution in [-0.4, -0.2) is 40.8 Å². The molecule has 25 heavy (non-hydrogen) atoms. The molecule has 7 heteroatoms. The van der Waals surface area contributed by atoms with E-state index in [1.54, 1.807) is 33.8 Å². The lowest BCUT2D eigenvalue weighted by Crippen LogP contribution is -2.47. The molecule has 1 aliphatic rings. The minimum absolute atomic E-state index is 0.0854. The third kappa shape index (κ3) is 3.81. The summed E-state index contributed by atoms with van der Waals surface area (Å²) in [5.41, 5.74) is 0.569. The average Bonchev–Trinajstić information content (AvgIpc) is 3.04. The summed E-state index contributed by atoms with van der Waals surface area (Å²) in [5.74, 6) is 1.02. The maximum Gasteiger partial charge on any atom is 0.269 e. The van der Waals surface area contributed by atoms with E-state index in [0.29, 0.717) is 36.6 Å². The number of nitrogens with one attached hydrogen (secondary N) is 1. The number of hydrogen-bond acceptors (Lipinski definition) is 4. The number of nitrogens with zero attached hydrogens (tertiary/aromatic N) is 3. The van der Waals surface area contributed by atoms with Crippen molar-refractivity contribution >= 4 is 17.6 Å². The molecule has 132 valence electrons. The normalized spacial score (nSPS) is 17.4. The van der Waals surface area contributed by atoms with Gasteiger partial charge in [0.05, 0.1) is 0 Å². The Balaban J connectivity index is 1.67. The fraction of sp³-hybridized carbons (Fsp3) is 0.389. The van der Waals surface area contributed by atoms with Crippen LogP contribution in [0.2, 0.25) is 0 Å². The van der Waals surface area contributed by atoms with Gasteiger partial charge in [-0.15, -0.1) is 0 Å². The Bertz CT molecular complexity index is 754. The van der Waals surface area contributed by atoms with Crippen LogP contribution in [0.1, 0.15) is 30.1 Å². The minimum atomic E-state index is -0.536. The molecule has 2 amide bonds. The van der Waals surface area contributed by atoms with E-state index >= 15 is 0 Å². The lowest BCUT2D eigenvalue weighted by molar-refractivity contribution is -0.127. The summed E-state index contributed by atoms with van der Waals surface area (Å²) in [6.07, 6.45) is 2.79. The van der Waals surface area contributed by atoms with E-state index in [1.807, 2.05) is 26.2 Å². The van der Waals surface area contributed by atoms with Gasteiger partial charge in [-0.2, -0.15) is 5.10 Å². The number of aryl methyl sites for hydroxylation is 1. The predicted octanol–water partition coefficient (Wildman–Crippen LogP) is 1.74. The number of aromatic nitrogens is 2. The molecule has 0 bridgehead atoms. The van der Waals surface area contributed by atoms with Crippen molar-refractivity contribution in [2.24, 2.45) is 7.05 Å². The molecule has 1 aliphatic heterocycles. The van der Waals surface area contributed by atoms with Crippen LogP contribution in [0.5, 0.6) is 5.75 Å². The average molecular weight is 342 g/mol. The number of carbonyl (C=O) groups excluding carboxylic acids is 2. The van der Waals surface area contributed by atoms with Gasteiger partial charge in [-0.1, -0.05) is 0 Å². The molecule has 1 N–H and O–H groups in total. The van der Waals surface area contributed by atoms with Crippen molar-refractivity contribution in [1.82, 2.24) is 15.1 Å². The molecule has 2 aromatic rings. The Morgan fingerprint density at radius 2 is 2.08 bits per heavy atom. The smallest absolute Gasteiger partial charge is 0.269 e. The van der Waals surface area contributed by atoms with Gasteiger partial charge in [0.25, 0.3) is 11.8 Å². The highest BCUT2D eigenvalue weighted by molar-refractivity contribution is 5.96. The molecule has 0 spiro atoms. The van der Waals surface area contributed by atoms with Crippen LogP contribution < -0.4 is 15.0 Å². The standard InChI is InChI=1S/C18H22N4O3/c1-3-19-17(23)13-6-8-14(9-7-13)25-15-5-4-11-22(18(15)24)16-10-12-21(2)20-16/h6-10,12,15H,3-5,11H2,1-2H3,(H,19,23)/t15-/m0/s1. The molecule has 1 fully saturated rings. The largest absolute Gasteiger partial charge is 0.481 e. The van der Waals surface area contributed by atoms with Crippen molar-refractivity contribution in [2.45, 2.75) is 25.9 Å². The Morgan fingerprint density at radius 3 is 2.72 bits per heavy atom. The fourth-order valence-electron chi connectivity index (χ4n) is 2.84. The van der Waals surface area contributed by atoms with Crippen LogP contribution in [0.3, 0.4) is 0 Å². The zero-order valence-corrected chi connectivity index (χ0v) is 14.4. The first-order valence-electron chi connectivity index (χ1n) is 8.44. The molecule has 0 radical (unpaired) electrons. The first-order valence-corrected chi connectivity index (χ1v) is 8.44. The van der Waals surface area contributed by atoms with Gasteiger partial charge in [-0.25, -0.2) is 0 Å². The monoisotopic (exact) mass is 342 g/mol. The van der Waals surface area contributed by atoms with Gasteiger partial charge >= 0.3 is 0 Å². The van der Waals surface area contributed by atoms with Crippen LogP contribution in [0.4, 0.5) is 5.82 Å². The molecular formula is C18H22N4O3. The van der Waals surface area contributed by atoms with E-state index in [2.05, 4.69) is 10.4 Å². The Hall–Kier alpha value is -2.83. The van der Waals surface area contributed by atoms with Crippen LogP contribution >= 0.6 is 0 Å². The number of piperidine rings is 1. The summed E-state index contributed by atoms with van der Waals surface area (Å²) >= 11 is 0. The van der Waals surface area contributed by atoms with Crippen LogP contribution in [0.15, 0.2) is 36.5 Å². The number of benzene rings is 1. The molecule has 0 aliphatic carbocycles. The second-order valence-electron chi connectivity index (χ2n) is 5.97. The highest BCUT2D eigenvalue weighted by atomic mass is 16.5. The first-order chi connectivity index (χ1) is 12.1. The molecule has 7 nitrogen and oxygen atoms in total. The summed E-state index contributed by atoms with van der Waals surface area (Å²) in [6, 6.07) is 8.66. The van der Waals surface area contributed by atoms with Crippen molar-refractivity contribution in [1.29, 1.82) is 0 Å². The summed E-state index contributed by atoms with van der Waals surface area (Å²) in [7, 11) is 1.82. The van der Waals surface area contributed by atoms with Gasteiger partial charge in [-0.3, -0.25) is 19.2 Å². The quantitative estimate of drug-likeness (QED) is 0.898. The number of ether oxygens (including phenoxy) is 1. The SMILES string of the molecule is CCNC(=O)c1ccc(O[C@H]2CCCN(c3ccn(C)n3)C2=O)cc1. The van der Waals surface area contributed by atoms with E-state index < -0.39 is 6.10 Å². The molecular weight excluding hydrogens is 320 g/mol. The maximum atomic E-state index is 12.7. The zero-order chi connectivity index (χ0) is 17.8. The van der Waals surface area contributed by atoms with Crippen molar-refractivity contribution in [3.63, 3.8) is 0 Å². The van der Waals surface area contributed by atoms with Crippen molar-refractivity contribution < 1.29 is 14.3 Å². The van der Waals surface area contributed by atoms with E-state index in [0.717, 1.165) is 6.42 Å². The third-order valence-electron chi connectivity index (χ3n) is 4.10. The van der Waals surface area contributed by atoms with E-state index in [-0.39, 0.29) is 11.8 Å². The molecule has 1 aromatic carbocycles. The molecule has 2 heterocycles. The topological polar surface area (TPSA) is 76.5 Å². The maximum absolute atomic E-state index is 12.7. The molecule has 1 atom stereocenters. The van der Waals surface area contributed by atoms with Gasteiger partial charge in [-0.05, 0) is 44.0 Å². The summed E-state index contributed by atoms with van der Waals surface area (Å²) in [5, 5.41) is 7.04. The number of anilines is 1. The Kier molecular flexibility index (Phi) is 5.02. The molecule has 1 aromatic heterocycles. The van der Waals surface area contributed by atoms with Gasteiger partial charge in [0.1, 0.15) is 5.75 Å². The van der Waals surface area contributed by atoms with Crippen molar-refractivity contribution in [3.05, 3.63) is 42.1 Å². The van der Waals surface area contributed by atoms with Gasteiger partial charge in [0.2, 0.25) is 0 Å². The van der Waals surface area contributed by atoms with Gasteiger partial charge < -0.3 is 10.1 Å². The molecule has 0 unspecified atom stereocenters. The Morgan fingerprint density at radius 1 is 1.32 bits per heavy atom. The summed E-state index contributed by atoms with van der Waals surface area (Å²) in [6.45, 7) is 3.10. The number of amides is 2. The van der Waals surface area contributed by atoms with Crippen LogP contribution in [-0.2, 0) is 11.8 Å². The second-order valence-corrected chi connectivity index (χ2v) is 5.97. The zero-order valence-electron chi connectivity index (χ0n) is 14.4. The van der Waals surface area contributed by atoms with E-state index in [1.165, 1.54) is 0 Å². The lowest BCUT2D eigenvalue weighted by Gasteiger charge is -2.30. The number of carbonyl (C=O) groups is 2. The van der Waals surface area contributed by atoms with E-state index in [9.17, 15) is 9.59 Å². The number of hydrogen-bond donors (Lipinski definition) is 1. The van der Waals surface area contributed by atoms with Crippen molar-refractivity contribution in [3.8, 4) is 5.75 Å². The molecule has 1 saturated heterocycles. The third-order valence-corrected chi connectivity index (χ3v) is 4.10. The Labute approximate surface area is 146 Å². The second kappa shape index (κ2) is 7.38. The number of rotatable bonds is 5. The highest BCUT2D eigenvalue weighted by Gasteiger charge is 2.32. The van der Waals surface area contributed by atoms with Gasteiger partial charge in [0.15, 0.2) is 11.9 Å². The van der Waals surface area contributed by atoms with Gasteiger partial charge in [0, 0.05) is 38.0 Å². The summed E-state index contributed by atoms with van der Waals surface area (Å²) in [4.78, 5) is 26.1. The minimum Gasteiger partial charge on any atom is -0.481 e. The van der Waals surface area contributed by atoms with Crippen LogP contribution in [0, 0.1) is 0 Å². The lowest BCUT2D eigenvalue weighted by atomic mass is 10.1. The molecule has 0 saturated carbocycles. The molecule has 3 rings (SSSR count). The van der Waals surface area contributed by atoms with Crippen molar-refractivity contribution in [2.75, 3.05) is 18.0 Å². The summed E-state index contributed by atoms with van der Waals surface area (Å²) < 4.78 is 7.54. The van der Waals surface area contributed by atoms with E-state index in [4.69, 9.17) is 4.74 Å². The van der Waals surface area contributed by atoms with Crippen LogP contribution in [0.25, 0.3) is 0 Å². The first kappa shape index (κ1) is 17.0. The predicted molar refractivity (Wildman–Crippen MR) is 93.7 cm³/mol.